The molecule has 0 spiro atoms. The Morgan fingerprint density at radius 3 is 2.43 bits per heavy atom. The zero-order valence-corrected chi connectivity index (χ0v) is 17.9. The Kier molecular flexibility index (Phi) is 5.03. The van der Waals surface area contributed by atoms with Gasteiger partial charge in [-0.25, -0.2) is 8.42 Å². The molecule has 0 atom stereocenters. The predicted octanol–water partition coefficient (Wildman–Crippen LogP) is 4.73. The second-order valence-corrected chi connectivity index (χ2v) is 10.4. The third-order valence-corrected chi connectivity index (χ3v) is 7.94. The summed E-state index contributed by atoms with van der Waals surface area (Å²) < 4.78 is 28.5. The van der Waals surface area contributed by atoms with Crippen LogP contribution in [0, 0.1) is 0 Å². The number of rotatable bonds is 6. The monoisotopic (exact) mass is 476 g/mol. The van der Waals surface area contributed by atoms with Gasteiger partial charge in [-0.15, -0.1) is 11.3 Å². The van der Waals surface area contributed by atoms with E-state index in [0.717, 1.165) is 34.2 Å². The quantitative estimate of drug-likeness (QED) is 0.539. The highest BCUT2D eigenvalue weighted by Crippen LogP contribution is 2.45. The number of carbonyl (C=O) groups excluding carboxylic acids is 1. The summed E-state index contributed by atoms with van der Waals surface area (Å²) in [6.45, 7) is 0. The molecule has 1 aromatic heterocycles. The van der Waals surface area contributed by atoms with E-state index in [-0.39, 0.29) is 15.7 Å². The van der Waals surface area contributed by atoms with E-state index in [1.165, 1.54) is 0 Å². The third-order valence-electron chi connectivity index (χ3n) is 4.64. The van der Waals surface area contributed by atoms with Crippen molar-refractivity contribution in [3.05, 3.63) is 81.6 Å². The number of halogens is 1. The number of hydrogen-bond donors (Lipinski definition) is 2. The van der Waals surface area contributed by atoms with Crippen molar-refractivity contribution in [2.45, 2.75) is 22.6 Å². The second kappa shape index (κ2) is 7.35. The van der Waals surface area contributed by atoms with Crippen LogP contribution in [0.5, 0.6) is 0 Å². The average Bonchev–Trinajstić information content (AvgIpc) is 3.22. The molecular weight excluding hydrogens is 460 g/mol. The van der Waals surface area contributed by atoms with Gasteiger partial charge in [-0.05, 0) is 60.2 Å². The molecule has 4 rings (SSSR count). The Morgan fingerprint density at radius 2 is 1.79 bits per heavy atom. The summed E-state index contributed by atoms with van der Waals surface area (Å²) in [6.07, 6.45) is 1.76. The van der Waals surface area contributed by atoms with Gasteiger partial charge in [0.05, 0.1) is 5.54 Å². The molecule has 28 heavy (non-hydrogen) atoms. The van der Waals surface area contributed by atoms with Gasteiger partial charge >= 0.3 is 0 Å². The lowest BCUT2D eigenvalue weighted by Crippen LogP contribution is -2.34. The van der Waals surface area contributed by atoms with Crippen molar-refractivity contribution >= 4 is 48.9 Å². The fourth-order valence-corrected chi connectivity index (χ4v) is 5.32. The van der Waals surface area contributed by atoms with E-state index in [9.17, 15) is 13.2 Å². The number of carbonyl (C=O) groups is 1. The Bertz CT molecular complexity index is 1110. The molecule has 0 bridgehead atoms. The average molecular weight is 477 g/mol. The summed E-state index contributed by atoms with van der Waals surface area (Å²) in [5, 5.41) is 4.81. The minimum absolute atomic E-state index is 0.224. The lowest BCUT2D eigenvalue weighted by molar-refractivity contribution is 0.0931. The first-order chi connectivity index (χ1) is 13.4. The van der Waals surface area contributed by atoms with Gasteiger partial charge in [-0.3, -0.25) is 9.52 Å². The predicted molar refractivity (Wildman–Crippen MR) is 114 cm³/mol. The van der Waals surface area contributed by atoms with Crippen molar-refractivity contribution in [2.24, 2.45) is 0 Å². The summed E-state index contributed by atoms with van der Waals surface area (Å²) in [5.74, 6) is -0.224. The lowest BCUT2D eigenvalue weighted by atomic mass is 10.0. The fraction of sp³-hybridized carbons (Fsp3) is 0.150. The maximum atomic E-state index is 12.8. The number of hydrogen-bond acceptors (Lipinski definition) is 4. The number of nitrogens with one attached hydrogen (secondary N) is 2. The Morgan fingerprint density at radius 1 is 1.04 bits per heavy atom. The maximum absolute atomic E-state index is 12.8. The van der Waals surface area contributed by atoms with Crippen LogP contribution in [0.4, 0.5) is 5.69 Å². The van der Waals surface area contributed by atoms with Crippen LogP contribution >= 0.6 is 27.3 Å². The highest BCUT2D eigenvalue weighted by Gasteiger charge is 2.45. The van der Waals surface area contributed by atoms with Crippen molar-refractivity contribution < 1.29 is 13.2 Å². The number of sulfonamides is 1. The molecule has 1 amide bonds. The molecule has 1 fully saturated rings. The van der Waals surface area contributed by atoms with Gasteiger partial charge in [0.15, 0.2) is 0 Å². The van der Waals surface area contributed by atoms with Gasteiger partial charge in [-0.2, -0.15) is 0 Å². The van der Waals surface area contributed by atoms with Gasteiger partial charge in [0.1, 0.15) is 4.21 Å². The first-order valence-electron chi connectivity index (χ1n) is 8.63. The number of benzene rings is 2. The van der Waals surface area contributed by atoms with Gasteiger partial charge < -0.3 is 5.32 Å². The molecule has 2 N–H and O–H groups in total. The lowest BCUT2D eigenvalue weighted by Gasteiger charge is -2.18. The van der Waals surface area contributed by atoms with E-state index in [0.29, 0.717) is 11.3 Å². The van der Waals surface area contributed by atoms with E-state index in [1.807, 2.05) is 24.3 Å². The Hall–Kier alpha value is -2.16. The standard InChI is InChI=1S/C20H17BrN2O3S2/c21-16-8-6-15(7-9-16)20(10-11-20)22-19(24)14-3-1-4-17(13-14)23-28(25,26)18-5-2-12-27-18/h1-9,12-13,23H,10-11H2,(H,22,24). The van der Waals surface area contributed by atoms with Crippen LogP contribution in [-0.4, -0.2) is 14.3 Å². The van der Waals surface area contributed by atoms with Crippen LogP contribution in [0.15, 0.2) is 74.7 Å². The largest absolute Gasteiger partial charge is 0.343 e. The topological polar surface area (TPSA) is 75.3 Å². The molecule has 0 radical (unpaired) electrons. The van der Waals surface area contributed by atoms with Crippen molar-refractivity contribution in [1.82, 2.24) is 5.32 Å². The molecule has 8 heteroatoms. The molecule has 1 heterocycles. The molecule has 5 nitrogen and oxygen atoms in total. The van der Waals surface area contributed by atoms with E-state index in [2.05, 4.69) is 26.0 Å². The van der Waals surface area contributed by atoms with Crippen molar-refractivity contribution in [3.63, 3.8) is 0 Å². The van der Waals surface area contributed by atoms with Crippen molar-refractivity contribution in [2.75, 3.05) is 4.72 Å². The van der Waals surface area contributed by atoms with Gasteiger partial charge in [0.2, 0.25) is 0 Å². The molecule has 1 aliphatic carbocycles. The van der Waals surface area contributed by atoms with Crippen LogP contribution in [0.25, 0.3) is 0 Å². The molecule has 0 saturated heterocycles. The highest BCUT2D eigenvalue weighted by atomic mass is 79.9. The smallest absolute Gasteiger partial charge is 0.271 e. The summed E-state index contributed by atoms with van der Waals surface area (Å²) >= 11 is 4.56. The first-order valence-corrected chi connectivity index (χ1v) is 11.8. The van der Waals surface area contributed by atoms with E-state index >= 15 is 0 Å². The van der Waals surface area contributed by atoms with Crippen LogP contribution in [-0.2, 0) is 15.6 Å². The maximum Gasteiger partial charge on any atom is 0.271 e. The third kappa shape index (κ3) is 3.99. The molecule has 1 aliphatic rings. The molecule has 0 unspecified atom stereocenters. The zero-order chi connectivity index (χ0) is 19.8. The van der Waals surface area contributed by atoms with Crippen LogP contribution in [0.3, 0.4) is 0 Å². The second-order valence-electron chi connectivity index (χ2n) is 6.66. The molecule has 0 aliphatic heterocycles. The highest BCUT2D eigenvalue weighted by molar-refractivity contribution is 9.10. The summed E-state index contributed by atoms with van der Waals surface area (Å²) in [6, 6.07) is 17.7. The van der Waals surface area contributed by atoms with Crippen LogP contribution < -0.4 is 10.0 Å². The van der Waals surface area contributed by atoms with Gasteiger partial charge in [-0.1, -0.05) is 40.2 Å². The summed E-state index contributed by atoms with van der Waals surface area (Å²) in [5.41, 5.74) is 1.49. The van der Waals surface area contributed by atoms with Gasteiger partial charge in [0.25, 0.3) is 15.9 Å². The first kappa shape index (κ1) is 19.2. The normalized spacial score (nSPS) is 15.0. The van der Waals surface area contributed by atoms with Crippen molar-refractivity contribution in [3.8, 4) is 0 Å². The molecule has 144 valence electrons. The summed E-state index contributed by atoms with van der Waals surface area (Å²) in [7, 11) is -3.65. The molecule has 3 aromatic rings. The molecular formula is C20H17BrN2O3S2. The van der Waals surface area contributed by atoms with E-state index < -0.39 is 10.0 Å². The fourth-order valence-electron chi connectivity index (χ4n) is 3.02. The van der Waals surface area contributed by atoms with Crippen LogP contribution in [0.2, 0.25) is 0 Å². The van der Waals surface area contributed by atoms with E-state index in [4.69, 9.17) is 0 Å². The SMILES string of the molecule is O=C(NC1(c2ccc(Br)cc2)CC1)c1cccc(NS(=O)(=O)c2cccs2)c1. The number of thiophene rings is 1. The van der Waals surface area contributed by atoms with Gasteiger partial charge in [0, 0.05) is 15.7 Å². The Balaban J connectivity index is 1.51. The summed E-state index contributed by atoms with van der Waals surface area (Å²) in [4.78, 5) is 12.8. The van der Waals surface area contributed by atoms with Crippen molar-refractivity contribution in [1.29, 1.82) is 0 Å². The van der Waals surface area contributed by atoms with Crippen LogP contribution in [0.1, 0.15) is 28.8 Å². The molecule has 2 aromatic carbocycles. The number of amides is 1. The minimum atomic E-state index is -3.65. The molecule has 1 saturated carbocycles. The Labute approximate surface area is 176 Å². The van der Waals surface area contributed by atoms with E-state index in [1.54, 1.807) is 41.8 Å². The number of anilines is 1. The minimum Gasteiger partial charge on any atom is -0.343 e. The zero-order valence-electron chi connectivity index (χ0n) is 14.7.